The van der Waals surface area contributed by atoms with E-state index in [1.165, 1.54) is 0 Å². The van der Waals surface area contributed by atoms with Gasteiger partial charge in [-0.1, -0.05) is 12.1 Å². The number of nitrogens with two attached hydrogens (primary N) is 1. The third-order valence-electron chi connectivity index (χ3n) is 8.35. The van der Waals surface area contributed by atoms with Crippen LogP contribution in [0.25, 0.3) is 0 Å². The number of amides is 2. The molecule has 3 heterocycles. The van der Waals surface area contributed by atoms with Crippen LogP contribution in [0, 0.1) is 11.7 Å². The van der Waals surface area contributed by atoms with E-state index in [-0.39, 0.29) is 24.1 Å². The maximum atomic E-state index is 13.8. The minimum Gasteiger partial charge on any atom is -0.372 e. The number of halogens is 7. The summed E-state index contributed by atoms with van der Waals surface area (Å²) in [5, 5.41) is 12.6. The van der Waals surface area contributed by atoms with Crippen LogP contribution < -0.4 is 15.4 Å². The van der Waals surface area contributed by atoms with Crippen LogP contribution >= 0.6 is 0 Å². The number of nitrogens with one attached hydrogen (secondary N) is 1. The molecule has 3 aliphatic heterocycles. The molecule has 4 N–H and O–H groups in total. The number of aliphatic hydroxyl groups is 1. The van der Waals surface area contributed by atoms with Crippen LogP contribution in [0.4, 0.5) is 36.4 Å². The number of sulfonamides is 1. The van der Waals surface area contributed by atoms with Gasteiger partial charge in [0.25, 0.3) is 15.6 Å². The Morgan fingerprint density at radius 3 is 2.18 bits per heavy atom. The Kier molecular flexibility index (Phi) is 7.90. The number of aryl methyl sites for hydroxylation is 1. The lowest BCUT2D eigenvalue weighted by Crippen LogP contribution is -2.54. The molecule has 240 valence electrons. The normalized spacial score (nSPS) is 25.5. The monoisotopic (exact) mass is 653 g/mol. The number of fused-ring (bicyclic) bond motifs is 3. The quantitative estimate of drug-likeness (QED) is 0.393. The number of hydrogen-bond donors (Lipinski definition) is 3. The van der Waals surface area contributed by atoms with Crippen molar-refractivity contribution in [2.45, 2.75) is 79.2 Å². The highest BCUT2D eigenvalue weighted by Crippen LogP contribution is 2.51. The maximum Gasteiger partial charge on any atom is 0.430 e. The van der Waals surface area contributed by atoms with E-state index in [1.807, 2.05) is 0 Å². The van der Waals surface area contributed by atoms with E-state index in [2.05, 4.69) is 5.32 Å². The van der Waals surface area contributed by atoms with Gasteiger partial charge in [-0.2, -0.15) is 26.3 Å². The molecule has 9 nitrogen and oxygen atoms in total. The number of benzene rings is 2. The number of nitrogens with zero attached hydrogens (tertiary/aromatic N) is 1. The number of primary amides is 1. The largest absolute Gasteiger partial charge is 0.430 e. The number of rotatable bonds is 7. The van der Waals surface area contributed by atoms with Crippen molar-refractivity contribution in [3.8, 4) is 0 Å². The number of ether oxygens (including phenoxy) is 1. The molecule has 0 spiro atoms. The Hall–Kier alpha value is -3.44. The van der Waals surface area contributed by atoms with Crippen LogP contribution in [0.1, 0.15) is 36.8 Å². The second-order valence-corrected chi connectivity index (χ2v) is 12.8. The maximum absolute atomic E-state index is 13.8. The van der Waals surface area contributed by atoms with Gasteiger partial charge >= 0.3 is 12.4 Å². The fraction of sp³-hybridized carbons (Fsp3) is 0.481. The molecule has 5 rings (SSSR count). The highest BCUT2D eigenvalue weighted by atomic mass is 32.2. The van der Waals surface area contributed by atoms with Crippen LogP contribution in [0.2, 0.25) is 0 Å². The Bertz CT molecular complexity index is 1550. The summed E-state index contributed by atoms with van der Waals surface area (Å²) in [7, 11) is -4.67. The molecule has 2 aromatic rings. The molecule has 0 aromatic heterocycles. The fourth-order valence-corrected chi connectivity index (χ4v) is 7.98. The first-order valence-electron chi connectivity index (χ1n) is 13.4. The number of carbonyl (C=O) groups excluding carboxylic acids is 2. The smallest absolute Gasteiger partial charge is 0.372 e. The van der Waals surface area contributed by atoms with E-state index in [9.17, 15) is 53.8 Å². The average Bonchev–Trinajstić information content (AvgIpc) is 3.53. The van der Waals surface area contributed by atoms with Gasteiger partial charge in [0.15, 0.2) is 0 Å². The zero-order chi connectivity index (χ0) is 32.4. The predicted octanol–water partition coefficient (Wildman–Crippen LogP) is 3.19. The highest BCUT2D eigenvalue weighted by molar-refractivity contribution is 7.92. The summed E-state index contributed by atoms with van der Waals surface area (Å²) in [5.74, 6) is -2.99. The summed E-state index contributed by atoms with van der Waals surface area (Å²) in [4.78, 5) is 24.8. The van der Waals surface area contributed by atoms with E-state index < -0.39 is 92.7 Å². The van der Waals surface area contributed by atoms with Crippen LogP contribution in [0.5, 0.6) is 0 Å². The molecule has 17 heteroatoms. The SMILES string of the molecule is NC(=O)C1C2CCC(O2)C1NC(=O)C[C@@H]1CCc2cc(C(O)(C(F)(F)F)C(F)(F)F)ccc2N1S(=O)(=O)c1ccc(F)cc1. The third-order valence-corrected chi connectivity index (χ3v) is 10.2. The Morgan fingerprint density at radius 1 is 0.977 bits per heavy atom. The first-order valence-corrected chi connectivity index (χ1v) is 14.8. The number of alkyl halides is 6. The van der Waals surface area contributed by atoms with Gasteiger partial charge in [0, 0.05) is 12.0 Å². The predicted molar refractivity (Wildman–Crippen MR) is 138 cm³/mol. The Labute approximate surface area is 246 Å². The average molecular weight is 654 g/mol. The van der Waals surface area contributed by atoms with Crippen molar-refractivity contribution in [3.63, 3.8) is 0 Å². The Balaban J connectivity index is 1.52. The van der Waals surface area contributed by atoms with Gasteiger partial charge in [-0.3, -0.25) is 13.9 Å². The van der Waals surface area contributed by atoms with Crippen LogP contribution in [0.15, 0.2) is 47.4 Å². The molecule has 2 bridgehead atoms. The standard InChI is InChI=1S/C27H26F7N3O6S/c28-15-3-6-17(7-4-15)44(41,42)37-16(12-21(38)36-23-20-10-9-19(43-20)22(23)24(35)39)5-1-13-11-14(2-8-18(13)37)25(40,26(29,30)31)27(32,33)34/h2-4,6-8,11,16,19-20,22-23,40H,1,5,9-10,12H2,(H2,35,39)(H,36,38)/t16-,19?,20?,22?,23?/m0/s1. The molecule has 5 atom stereocenters. The molecular weight excluding hydrogens is 627 g/mol. The van der Waals surface area contributed by atoms with Crippen molar-refractivity contribution < 1.29 is 58.6 Å². The molecule has 4 unspecified atom stereocenters. The van der Waals surface area contributed by atoms with Gasteiger partial charge in [-0.05, 0) is 61.6 Å². The summed E-state index contributed by atoms with van der Waals surface area (Å²) >= 11 is 0. The zero-order valence-corrected chi connectivity index (χ0v) is 23.3. The van der Waals surface area contributed by atoms with Gasteiger partial charge < -0.3 is 20.9 Å². The van der Waals surface area contributed by atoms with Gasteiger partial charge in [0.1, 0.15) is 5.82 Å². The summed E-state index contributed by atoms with van der Waals surface area (Å²) in [5.41, 5.74) is -1.92. The first kappa shape index (κ1) is 32.0. The second kappa shape index (κ2) is 10.9. The van der Waals surface area contributed by atoms with Gasteiger partial charge in [-0.15, -0.1) is 0 Å². The number of carbonyl (C=O) groups is 2. The first-order chi connectivity index (χ1) is 20.4. The summed E-state index contributed by atoms with van der Waals surface area (Å²) in [6, 6.07) is 3.00. The topological polar surface area (TPSA) is 139 Å². The molecule has 2 saturated heterocycles. The highest BCUT2D eigenvalue weighted by Gasteiger charge is 2.71. The minimum atomic E-state index is -6.17. The van der Waals surface area contributed by atoms with Crippen LogP contribution in [0.3, 0.4) is 0 Å². The third kappa shape index (κ3) is 5.27. The van der Waals surface area contributed by atoms with Crippen molar-refractivity contribution in [1.29, 1.82) is 0 Å². The minimum absolute atomic E-state index is 0.229. The van der Waals surface area contributed by atoms with Crippen molar-refractivity contribution in [2.24, 2.45) is 11.7 Å². The molecule has 2 aromatic carbocycles. The van der Waals surface area contributed by atoms with Crippen molar-refractivity contribution in [1.82, 2.24) is 5.32 Å². The van der Waals surface area contributed by atoms with E-state index in [1.54, 1.807) is 0 Å². The molecule has 0 saturated carbocycles. The van der Waals surface area contributed by atoms with Crippen LogP contribution in [-0.2, 0) is 36.4 Å². The van der Waals surface area contributed by atoms with Gasteiger partial charge in [0.05, 0.1) is 40.8 Å². The number of anilines is 1. The van der Waals surface area contributed by atoms with E-state index in [0.717, 1.165) is 24.3 Å². The molecule has 2 amide bonds. The fourth-order valence-electron chi connectivity index (χ4n) is 6.26. The summed E-state index contributed by atoms with van der Waals surface area (Å²) in [6.07, 6.45) is -13.2. The summed E-state index contributed by atoms with van der Waals surface area (Å²) in [6.45, 7) is 0. The van der Waals surface area contributed by atoms with E-state index in [4.69, 9.17) is 10.5 Å². The number of hydrogen-bond acceptors (Lipinski definition) is 6. The van der Waals surface area contributed by atoms with Crippen molar-refractivity contribution in [3.05, 3.63) is 59.4 Å². The van der Waals surface area contributed by atoms with Crippen molar-refractivity contribution >= 4 is 27.5 Å². The van der Waals surface area contributed by atoms with Crippen LogP contribution in [-0.4, -0.2) is 62.0 Å². The molecule has 0 aliphatic carbocycles. The zero-order valence-electron chi connectivity index (χ0n) is 22.5. The van der Waals surface area contributed by atoms with Crippen molar-refractivity contribution in [2.75, 3.05) is 4.31 Å². The summed E-state index contributed by atoms with van der Waals surface area (Å²) < 4.78 is 129. The van der Waals surface area contributed by atoms with E-state index >= 15 is 0 Å². The lowest BCUT2D eigenvalue weighted by molar-refractivity contribution is -0.376. The molecule has 44 heavy (non-hydrogen) atoms. The van der Waals surface area contributed by atoms with Gasteiger partial charge in [0.2, 0.25) is 11.8 Å². The molecule has 3 aliphatic rings. The Morgan fingerprint density at radius 2 is 1.59 bits per heavy atom. The van der Waals surface area contributed by atoms with Gasteiger partial charge in [-0.25, -0.2) is 12.8 Å². The lowest BCUT2D eigenvalue weighted by Gasteiger charge is -2.39. The molecule has 0 radical (unpaired) electrons. The lowest BCUT2D eigenvalue weighted by atomic mass is 9.83. The second-order valence-electron chi connectivity index (χ2n) is 11.0. The molecule has 2 fully saturated rings. The molecular formula is C27H26F7N3O6S. The van der Waals surface area contributed by atoms with E-state index in [0.29, 0.717) is 35.3 Å².